The van der Waals surface area contributed by atoms with Gasteiger partial charge in [-0.2, -0.15) is 21.6 Å². The molecular formula is C19H20F3NO4S. The molecular weight excluding hydrogens is 395 g/mol. The van der Waals surface area contributed by atoms with Gasteiger partial charge in [0.1, 0.15) is 12.4 Å². The monoisotopic (exact) mass is 415 g/mol. The Morgan fingerprint density at radius 2 is 1.54 bits per heavy atom. The Morgan fingerprint density at radius 3 is 2.07 bits per heavy atom. The summed E-state index contributed by atoms with van der Waals surface area (Å²) in [4.78, 5) is 0. The Bertz CT molecular complexity index is 882. The highest BCUT2D eigenvalue weighted by molar-refractivity contribution is 7.87. The molecule has 2 aromatic rings. The molecule has 0 bridgehead atoms. The van der Waals surface area contributed by atoms with Gasteiger partial charge in [-0.1, -0.05) is 60.7 Å². The largest absolute Gasteiger partial charge is 0.534 e. The molecule has 2 aromatic carbocycles. The first-order valence-electron chi connectivity index (χ1n) is 8.40. The van der Waals surface area contributed by atoms with Gasteiger partial charge in [-0.05, 0) is 12.0 Å². The molecule has 152 valence electrons. The van der Waals surface area contributed by atoms with Crippen molar-refractivity contribution in [1.82, 2.24) is 0 Å². The van der Waals surface area contributed by atoms with Crippen molar-refractivity contribution in [2.75, 3.05) is 13.2 Å². The van der Waals surface area contributed by atoms with Crippen molar-refractivity contribution in [3.63, 3.8) is 0 Å². The van der Waals surface area contributed by atoms with Crippen molar-refractivity contribution in [2.24, 2.45) is 5.73 Å². The van der Waals surface area contributed by atoms with Gasteiger partial charge in [0.15, 0.2) is 5.76 Å². The second-order valence-electron chi connectivity index (χ2n) is 5.72. The lowest BCUT2D eigenvalue weighted by atomic mass is 10.1. The second kappa shape index (κ2) is 9.61. The predicted molar refractivity (Wildman–Crippen MR) is 99.2 cm³/mol. The van der Waals surface area contributed by atoms with Crippen molar-refractivity contribution in [2.45, 2.75) is 18.3 Å². The summed E-state index contributed by atoms with van der Waals surface area (Å²) in [6, 6.07) is 16.8. The first-order valence-corrected chi connectivity index (χ1v) is 9.81. The van der Waals surface area contributed by atoms with Crippen LogP contribution in [0.1, 0.15) is 17.5 Å². The summed E-state index contributed by atoms with van der Waals surface area (Å²) in [7, 11) is -5.87. The van der Waals surface area contributed by atoms with Crippen molar-refractivity contribution in [3.8, 4) is 0 Å². The van der Waals surface area contributed by atoms with Crippen LogP contribution in [-0.4, -0.2) is 27.1 Å². The Hall–Kier alpha value is -2.52. The van der Waals surface area contributed by atoms with Gasteiger partial charge in [-0.3, -0.25) is 0 Å². The zero-order valence-electron chi connectivity index (χ0n) is 14.9. The summed E-state index contributed by atoms with van der Waals surface area (Å²) < 4.78 is 71.9. The minimum atomic E-state index is -5.87. The summed E-state index contributed by atoms with van der Waals surface area (Å²) in [6.07, 6.45) is 0.536. The van der Waals surface area contributed by atoms with Crippen LogP contribution in [-0.2, 0) is 25.5 Å². The van der Waals surface area contributed by atoms with E-state index in [1.807, 2.05) is 30.3 Å². The normalized spacial score (nSPS) is 13.0. The van der Waals surface area contributed by atoms with Crippen LogP contribution in [0.3, 0.4) is 0 Å². The average molecular weight is 415 g/mol. The lowest BCUT2D eigenvalue weighted by Crippen LogP contribution is -2.25. The fraction of sp³-hybridized carbons (Fsp3) is 0.263. The molecule has 0 aliphatic rings. The second-order valence-corrected chi connectivity index (χ2v) is 7.26. The number of benzene rings is 2. The predicted octanol–water partition coefficient (Wildman–Crippen LogP) is 3.83. The quantitative estimate of drug-likeness (QED) is 0.383. The highest BCUT2D eigenvalue weighted by Crippen LogP contribution is 2.32. The maximum absolute atomic E-state index is 12.9. The Labute approximate surface area is 161 Å². The van der Waals surface area contributed by atoms with Gasteiger partial charge in [-0.25, -0.2) is 0 Å². The number of aryl methyl sites for hydroxylation is 1. The van der Waals surface area contributed by atoms with Crippen LogP contribution in [0, 0.1) is 0 Å². The number of ether oxygens (including phenoxy) is 1. The maximum atomic E-state index is 12.9. The third kappa shape index (κ3) is 6.00. The average Bonchev–Trinajstić information content (AvgIpc) is 2.67. The first kappa shape index (κ1) is 21.8. The number of allylic oxidation sites excluding steroid dienone is 1. The third-order valence-electron chi connectivity index (χ3n) is 3.64. The molecule has 9 heteroatoms. The summed E-state index contributed by atoms with van der Waals surface area (Å²) in [5.74, 6) is -0.518. The highest BCUT2D eigenvalue weighted by Gasteiger charge is 2.49. The molecule has 0 aliphatic heterocycles. The van der Waals surface area contributed by atoms with Crippen LogP contribution < -0.4 is 5.73 Å². The summed E-state index contributed by atoms with van der Waals surface area (Å²) >= 11 is 0. The summed E-state index contributed by atoms with van der Waals surface area (Å²) in [5, 5.41) is 0. The molecule has 28 heavy (non-hydrogen) atoms. The molecule has 0 amide bonds. The number of hydrogen-bond acceptors (Lipinski definition) is 5. The lowest BCUT2D eigenvalue weighted by molar-refractivity contribution is -0.0510. The van der Waals surface area contributed by atoms with Crippen molar-refractivity contribution >= 4 is 15.9 Å². The fourth-order valence-corrected chi connectivity index (χ4v) is 2.84. The van der Waals surface area contributed by atoms with Crippen molar-refractivity contribution in [1.29, 1.82) is 0 Å². The SMILES string of the molecule is NCCO/C(CCc1ccccc1)=C(/OS(=O)(=O)C(F)(F)F)c1ccccc1. The molecule has 0 unspecified atom stereocenters. The van der Waals surface area contributed by atoms with E-state index in [1.165, 1.54) is 12.1 Å². The Balaban J connectivity index is 2.46. The van der Waals surface area contributed by atoms with E-state index in [2.05, 4.69) is 4.18 Å². The van der Waals surface area contributed by atoms with E-state index in [1.54, 1.807) is 18.2 Å². The van der Waals surface area contributed by atoms with E-state index in [4.69, 9.17) is 10.5 Å². The van der Waals surface area contributed by atoms with Crippen LogP contribution in [0.5, 0.6) is 0 Å². The minimum absolute atomic E-state index is 0.00409. The lowest BCUT2D eigenvalue weighted by Gasteiger charge is -2.18. The van der Waals surface area contributed by atoms with Crippen LogP contribution in [0.2, 0.25) is 0 Å². The topological polar surface area (TPSA) is 78.6 Å². The van der Waals surface area contributed by atoms with Gasteiger partial charge < -0.3 is 14.7 Å². The number of alkyl halides is 3. The third-order valence-corrected chi connectivity index (χ3v) is 4.60. The number of halogens is 3. The molecule has 0 spiro atoms. The summed E-state index contributed by atoms with van der Waals surface area (Å²) in [5.41, 5.74) is 0.922. The van der Waals surface area contributed by atoms with E-state index in [0.717, 1.165) is 5.56 Å². The van der Waals surface area contributed by atoms with Crippen molar-refractivity contribution in [3.05, 3.63) is 77.5 Å². The highest BCUT2D eigenvalue weighted by atomic mass is 32.2. The molecule has 0 atom stereocenters. The fourth-order valence-electron chi connectivity index (χ4n) is 2.34. The van der Waals surface area contributed by atoms with Crippen LogP contribution >= 0.6 is 0 Å². The minimum Gasteiger partial charge on any atom is -0.493 e. The van der Waals surface area contributed by atoms with Gasteiger partial charge in [0.2, 0.25) is 0 Å². The number of rotatable bonds is 9. The van der Waals surface area contributed by atoms with Gasteiger partial charge in [0.25, 0.3) is 0 Å². The van der Waals surface area contributed by atoms with Gasteiger partial charge in [0, 0.05) is 18.5 Å². The van der Waals surface area contributed by atoms with E-state index in [-0.39, 0.29) is 30.9 Å². The van der Waals surface area contributed by atoms with E-state index in [9.17, 15) is 21.6 Å². The van der Waals surface area contributed by atoms with Crippen LogP contribution in [0.15, 0.2) is 66.4 Å². The van der Waals surface area contributed by atoms with Gasteiger partial charge in [0.05, 0.1) is 0 Å². The molecule has 0 saturated carbocycles. The van der Waals surface area contributed by atoms with Crippen LogP contribution in [0.4, 0.5) is 13.2 Å². The molecule has 0 heterocycles. The molecule has 0 aromatic heterocycles. The number of nitrogens with two attached hydrogens (primary N) is 1. The van der Waals surface area contributed by atoms with E-state index in [0.29, 0.717) is 6.42 Å². The molecule has 0 fully saturated rings. The molecule has 5 nitrogen and oxygen atoms in total. The standard InChI is InChI=1S/C19H20F3NO4S/c20-19(21,22)28(24,25)27-18(16-9-5-2-6-10-16)17(26-14-13-23)12-11-15-7-3-1-4-8-15/h1-10H,11-14,23H2/b18-17+. The van der Waals surface area contributed by atoms with E-state index < -0.39 is 21.4 Å². The molecule has 2 rings (SSSR count). The Kier molecular flexibility index (Phi) is 7.47. The molecule has 0 aliphatic carbocycles. The maximum Gasteiger partial charge on any atom is 0.534 e. The van der Waals surface area contributed by atoms with Gasteiger partial charge >= 0.3 is 15.6 Å². The molecule has 2 N–H and O–H groups in total. The zero-order valence-corrected chi connectivity index (χ0v) is 15.7. The molecule has 0 saturated heterocycles. The summed E-state index contributed by atoms with van der Waals surface area (Å²) in [6.45, 7) is 0.0960. The van der Waals surface area contributed by atoms with E-state index >= 15 is 0 Å². The first-order chi connectivity index (χ1) is 13.2. The smallest absolute Gasteiger partial charge is 0.493 e. The van der Waals surface area contributed by atoms with Crippen molar-refractivity contribution < 1.29 is 30.5 Å². The molecule has 0 radical (unpaired) electrons. The number of hydrogen-bond donors (Lipinski definition) is 1. The zero-order chi connectivity index (χ0) is 20.6. The van der Waals surface area contributed by atoms with Gasteiger partial charge in [-0.15, -0.1) is 0 Å². The Morgan fingerprint density at radius 1 is 0.964 bits per heavy atom. The van der Waals surface area contributed by atoms with Crippen LogP contribution in [0.25, 0.3) is 5.76 Å².